The maximum absolute atomic E-state index is 12.5. The van der Waals surface area contributed by atoms with Gasteiger partial charge < -0.3 is 5.32 Å². The second-order valence-corrected chi connectivity index (χ2v) is 10.4. The highest BCUT2D eigenvalue weighted by Gasteiger charge is 2.28. The van der Waals surface area contributed by atoms with E-state index in [-0.39, 0.29) is 11.8 Å². The molecule has 0 spiro atoms. The Balaban J connectivity index is 1.57. The second-order valence-electron chi connectivity index (χ2n) is 7.32. The van der Waals surface area contributed by atoms with Gasteiger partial charge in [-0.2, -0.15) is 0 Å². The zero-order valence-corrected chi connectivity index (χ0v) is 18.1. The van der Waals surface area contributed by atoms with Gasteiger partial charge in [-0.15, -0.1) is 0 Å². The Hall–Kier alpha value is -1.83. The van der Waals surface area contributed by atoms with Crippen molar-refractivity contribution in [2.75, 3.05) is 24.7 Å². The third-order valence-electron chi connectivity index (χ3n) is 4.99. The number of carbonyl (C=O) groups excluding carboxylic acids is 1. The van der Waals surface area contributed by atoms with Gasteiger partial charge >= 0.3 is 0 Å². The number of amides is 1. The van der Waals surface area contributed by atoms with Gasteiger partial charge in [-0.25, -0.2) is 12.7 Å². The molecule has 0 aromatic heterocycles. The first-order valence-electron chi connectivity index (χ1n) is 9.33. The average molecular weight is 419 g/mol. The van der Waals surface area contributed by atoms with Gasteiger partial charge in [-0.3, -0.25) is 4.79 Å². The van der Waals surface area contributed by atoms with Crippen LogP contribution >= 0.6 is 11.8 Å². The van der Waals surface area contributed by atoms with E-state index in [0.29, 0.717) is 25.9 Å². The number of aryl methyl sites for hydroxylation is 2. The summed E-state index contributed by atoms with van der Waals surface area (Å²) in [5.41, 5.74) is 3.24. The van der Waals surface area contributed by atoms with E-state index >= 15 is 0 Å². The molecule has 0 bridgehead atoms. The van der Waals surface area contributed by atoms with E-state index in [2.05, 4.69) is 37.4 Å². The molecule has 1 aliphatic heterocycles. The Morgan fingerprint density at radius 3 is 2.32 bits per heavy atom. The van der Waals surface area contributed by atoms with Gasteiger partial charge in [0.15, 0.2) is 0 Å². The fraction of sp³-hybridized carbons (Fsp3) is 0.381. The highest BCUT2D eigenvalue weighted by Crippen LogP contribution is 2.31. The molecule has 2 aromatic carbocycles. The number of hydrogen-bond donors (Lipinski definition) is 1. The van der Waals surface area contributed by atoms with Crippen LogP contribution in [0.1, 0.15) is 24.0 Å². The Bertz CT molecular complexity index is 948. The zero-order chi connectivity index (χ0) is 20.3. The molecule has 0 unspecified atom stereocenters. The number of sulfonamides is 1. The number of nitrogens with one attached hydrogen (secondary N) is 1. The Morgan fingerprint density at radius 2 is 1.71 bits per heavy atom. The van der Waals surface area contributed by atoms with E-state index < -0.39 is 10.0 Å². The van der Waals surface area contributed by atoms with Crippen LogP contribution in [0.5, 0.6) is 0 Å². The highest BCUT2D eigenvalue weighted by molar-refractivity contribution is 7.99. The Kier molecular flexibility index (Phi) is 6.47. The summed E-state index contributed by atoms with van der Waals surface area (Å²) in [6.45, 7) is 5.00. The van der Waals surface area contributed by atoms with E-state index in [1.807, 2.05) is 24.3 Å². The maximum Gasteiger partial charge on any atom is 0.227 e. The zero-order valence-electron chi connectivity index (χ0n) is 16.4. The third kappa shape index (κ3) is 5.37. The van der Waals surface area contributed by atoms with Crippen LogP contribution in [0.3, 0.4) is 0 Å². The molecule has 1 amide bonds. The second kappa shape index (κ2) is 8.68. The Morgan fingerprint density at radius 1 is 1.07 bits per heavy atom. The number of anilines is 1. The Labute approximate surface area is 171 Å². The number of carbonyl (C=O) groups is 1. The molecule has 1 aliphatic rings. The molecule has 7 heteroatoms. The fourth-order valence-corrected chi connectivity index (χ4v) is 5.12. The molecular formula is C21H26N2O3S2. The summed E-state index contributed by atoms with van der Waals surface area (Å²) < 4.78 is 24.6. The number of hydrogen-bond acceptors (Lipinski definition) is 4. The lowest BCUT2D eigenvalue weighted by molar-refractivity contribution is -0.120. The van der Waals surface area contributed by atoms with Crippen molar-refractivity contribution in [3.8, 4) is 0 Å². The van der Waals surface area contributed by atoms with Gasteiger partial charge in [-0.05, 0) is 68.1 Å². The molecule has 3 rings (SSSR count). The van der Waals surface area contributed by atoms with Gasteiger partial charge in [0, 0.05) is 34.5 Å². The third-order valence-corrected chi connectivity index (χ3v) is 7.46. The van der Waals surface area contributed by atoms with Crippen LogP contribution in [0, 0.1) is 19.8 Å². The summed E-state index contributed by atoms with van der Waals surface area (Å²) in [5.74, 6) is -0.190. The average Bonchev–Trinajstić information content (AvgIpc) is 2.65. The van der Waals surface area contributed by atoms with Crippen molar-refractivity contribution in [2.45, 2.75) is 36.5 Å². The summed E-state index contributed by atoms with van der Waals surface area (Å²) in [6.07, 6.45) is 2.32. The van der Waals surface area contributed by atoms with Crippen molar-refractivity contribution in [3.05, 3.63) is 53.6 Å². The van der Waals surface area contributed by atoms with Gasteiger partial charge in [0.2, 0.25) is 15.9 Å². The molecule has 1 fully saturated rings. The lowest BCUT2D eigenvalue weighted by Gasteiger charge is -2.29. The predicted molar refractivity (Wildman–Crippen MR) is 114 cm³/mol. The van der Waals surface area contributed by atoms with E-state index in [1.54, 1.807) is 11.8 Å². The number of nitrogens with zero attached hydrogens (tertiary/aromatic N) is 1. The molecular weight excluding hydrogens is 392 g/mol. The minimum atomic E-state index is -3.17. The number of benzene rings is 2. The van der Waals surface area contributed by atoms with E-state index in [0.717, 1.165) is 10.6 Å². The molecule has 0 aliphatic carbocycles. The normalized spacial score (nSPS) is 16.1. The molecule has 5 nitrogen and oxygen atoms in total. The van der Waals surface area contributed by atoms with E-state index in [4.69, 9.17) is 0 Å². The van der Waals surface area contributed by atoms with Crippen molar-refractivity contribution in [1.82, 2.24) is 4.31 Å². The summed E-state index contributed by atoms with van der Waals surface area (Å²) >= 11 is 1.71. The van der Waals surface area contributed by atoms with Crippen LogP contribution in [-0.2, 0) is 14.8 Å². The standard InChI is InChI=1S/C21H26N2O3S2/c1-15-4-5-16(2)20(14-15)27-19-8-6-18(7-9-19)22-21(24)17-10-12-23(13-11-17)28(3,25)26/h4-9,14,17H,10-13H2,1-3H3,(H,22,24). The first-order chi connectivity index (χ1) is 13.2. The van der Waals surface area contributed by atoms with Gasteiger partial charge in [-0.1, -0.05) is 23.9 Å². The summed E-state index contributed by atoms with van der Waals surface area (Å²) in [6, 6.07) is 14.3. The predicted octanol–water partition coefficient (Wildman–Crippen LogP) is 4.06. The number of rotatable bonds is 5. The van der Waals surface area contributed by atoms with Crippen molar-refractivity contribution in [1.29, 1.82) is 0 Å². The molecule has 1 N–H and O–H groups in total. The summed E-state index contributed by atoms with van der Waals surface area (Å²) in [7, 11) is -3.17. The lowest BCUT2D eigenvalue weighted by atomic mass is 9.97. The van der Waals surface area contributed by atoms with Crippen LogP contribution in [0.15, 0.2) is 52.3 Å². The topological polar surface area (TPSA) is 66.5 Å². The van der Waals surface area contributed by atoms with Crippen LogP contribution in [0.4, 0.5) is 5.69 Å². The quantitative estimate of drug-likeness (QED) is 0.795. The molecule has 0 radical (unpaired) electrons. The lowest BCUT2D eigenvalue weighted by Crippen LogP contribution is -2.40. The maximum atomic E-state index is 12.5. The highest BCUT2D eigenvalue weighted by atomic mass is 32.2. The van der Waals surface area contributed by atoms with Crippen LogP contribution < -0.4 is 5.32 Å². The SMILES string of the molecule is Cc1ccc(C)c(Sc2ccc(NC(=O)C3CCN(S(C)(=O)=O)CC3)cc2)c1. The van der Waals surface area contributed by atoms with Crippen LogP contribution in [0.2, 0.25) is 0 Å². The fourth-order valence-electron chi connectivity index (χ4n) is 3.24. The number of piperidine rings is 1. The van der Waals surface area contributed by atoms with Gasteiger partial charge in [0.1, 0.15) is 0 Å². The monoisotopic (exact) mass is 418 g/mol. The molecule has 1 heterocycles. The van der Waals surface area contributed by atoms with Gasteiger partial charge in [0.05, 0.1) is 6.26 Å². The molecule has 0 atom stereocenters. The van der Waals surface area contributed by atoms with Crippen molar-refractivity contribution in [2.24, 2.45) is 5.92 Å². The van der Waals surface area contributed by atoms with Crippen LogP contribution in [-0.4, -0.2) is 38.0 Å². The van der Waals surface area contributed by atoms with Crippen molar-refractivity contribution >= 4 is 33.4 Å². The van der Waals surface area contributed by atoms with Crippen molar-refractivity contribution < 1.29 is 13.2 Å². The van der Waals surface area contributed by atoms with Crippen molar-refractivity contribution in [3.63, 3.8) is 0 Å². The molecule has 0 saturated carbocycles. The summed E-state index contributed by atoms with van der Waals surface area (Å²) in [5, 5.41) is 2.96. The smallest absolute Gasteiger partial charge is 0.227 e. The molecule has 28 heavy (non-hydrogen) atoms. The largest absolute Gasteiger partial charge is 0.326 e. The molecule has 2 aromatic rings. The first-order valence-corrected chi connectivity index (χ1v) is 12.0. The van der Waals surface area contributed by atoms with Gasteiger partial charge in [0.25, 0.3) is 0 Å². The first kappa shape index (κ1) is 20.9. The van der Waals surface area contributed by atoms with Crippen LogP contribution in [0.25, 0.3) is 0 Å². The van der Waals surface area contributed by atoms with E-state index in [1.165, 1.54) is 26.6 Å². The molecule has 1 saturated heterocycles. The summed E-state index contributed by atoms with van der Waals surface area (Å²) in [4.78, 5) is 14.8. The molecule has 150 valence electrons. The minimum absolute atomic E-state index is 0.0388. The van der Waals surface area contributed by atoms with E-state index in [9.17, 15) is 13.2 Å². The minimum Gasteiger partial charge on any atom is -0.326 e.